The van der Waals surface area contributed by atoms with Gasteiger partial charge in [0, 0.05) is 38.6 Å². The summed E-state index contributed by atoms with van der Waals surface area (Å²) in [6.07, 6.45) is 9.22. The molecule has 2 aromatic carbocycles. The SMILES string of the molecule is COc1ccccc1N1CCN(C(C)C2(Cc3ccc(F)cc3)C=CC=CN2)CC1. The highest BCUT2D eigenvalue weighted by Crippen LogP contribution is 2.31. The average molecular weight is 408 g/mol. The van der Waals surface area contributed by atoms with Crippen LogP contribution in [-0.2, 0) is 6.42 Å². The molecule has 0 aromatic heterocycles. The number of methoxy groups -OCH3 is 1. The van der Waals surface area contributed by atoms with Crippen LogP contribution in [0.4, 0.5) is 10.1 Å². The van der Waals surface area contributed by atoms with E-state index < -0.39 is 0 Å². The van der Waals surface area contributed by atoms with Crippen LogP contribution >= 0.6 is 0 Å². The van der Waals surface area contributed by atoms with Gasteiger partial charge in [-0.3, -0.25) is 4.90 Å². The number of dihydropyridines is 1. The molecule has 0 radical (unpaired) electrons. The molecule has 0 amide bonds. The standard InChI is InChI=1S/C25H30FN3O/c1-20(25(13-5-6-14-27-25)19-21-9-11-22(26)12-10-21)28-15-17-29(18-16-28)23-7-3-4-8-24(23)30-2/h3-14,20,27H,15-19H2,1-2H3. The summed E-state index contributed by atoms with van der Waals surface area (Å²) in [5.41, 5.74) is 2.06. The normalized spacial score (nSPS) is 22.6. The highest BCUT2D eigenvalue weighted by Gasteiger charge is 2.38. The number of nitrogens with zero attached hydrogens (tertiary/aromatic N) is 2. The van der Waals surface area contributed by atoms with Crippen LogP contribution in [-0.4, -0.2) is 49.8 Å². The van der Waals surface area contributed by atoms with E-state index in [1.807, 2.05) is 36.5 Å². The summed E-state index contributed by atoms with van der Waals surface area (Å²) in [6, 6.07) is 15.4. The molecule has 0 bridgehead atoms. The van der Waals surface area contributed by atoms with Gasteiger partial charge in [0.2, 0.25) is 0 Å². The van der Waals surface area contributed by atoms with Gasteiger partial charge >= 0.3 is 0 Å². The number of nitrogens with one attached hydrogen (secondary N) is 1. The first-order chi connectivity index (χ1) is 14.6. The third-order valence-corrected chi connectivity index (χ3v) is 6.40. The molecule has 1 N–H and O–H groups in total. The molecule has 4 nitrogen and oxygen atoms in total. The number of piperazine rings is 1. The third-order valence-electron chi connectivity index (χ3n) is 6.40. The first-order valence-corrected chi connectivity index (χ1v) is 10.6. The summed E-state index contributed by atoms with van der Waals surface area (Å²) in [4.78, 5) is 4.95. The van der Waals surface area contributed by atoms with Gasteiger partial charge in [0.1, 0.15) is 11.6 Å². The maximum atomic E-state index is 13.4. The Labute approximate surface area is 178 Å². The summed E-state index contributed by atoms with van der Waals surface area (Å²) in [7, 11) is 1.73. The number of anilines is 1. The van der Waals surface area contributed by atoms with Crippen molar-refractivity contribution in [1.82, 2.24) is 10.2 Å². The van der Waals surface area contributed by atoms with Gasteiger partial charge in [0.25, 0.3) is 0 Å². The molecule has 2 aliphatic rings. The molecule has 1 saturated heterocycles. The van der Waals surface area contributed by atoms with Crippen LogP contribution in [0, 0.1) is 5.82 Å². The number of para-hydroxylation sites is 2. The van der Waals surface area contributed by atoms with Crippen molar-refractivity contribution in [3.8, 4) is 5.75 Å². The van der Waals surface area contributed by atoms with Gasteiger partial charge in [-0.25, -0.2) is 4.39 Å². The van der Waals surface area contributed by atoms with E-state index in [2.05, 4.69) is 46.3 Å². The zero-order chi connectivity index (χ0) is 21.0. The van der Waals surface area contributed by atoms with Crippen LogP contribution in [0.25, 0.3) is 0 Å². The van der Waals surface area contributed by atoms with Crippen molar-refractivity contribution >= 4 is 5.69 Å². The molecule has 0 spiro atoms. The van der Waals surface area contributed by atoms with Crippen molar-refractivity contribution in [3.05, 3.63) is 84.3 Å². The first kappa shape index (κ1) is 20.5. The minimum absolute atomic E-state index is 0.194. The zero-order valence-corrected chi connectivity index (χ0v) is 17.7. The van der Waals surface area contributed by atoms with E-state index in [9.17, 15) is 4.39 Å². The second kappa shape index (κ2) is 8.92. The fourth-order valence-electron chi connectivity index (χ4n) is 4.56. The second-order valence-corrected chi connectivity index (χ2v) is 8.08. The second-order valence-electron chi connectivity index (χ2n) is 8.08. The number of allylic oxidation sites excluding steroid dienone is 2. The summed E-state index contributed by atoms with van der Waals surface area (Å²) < 4.78 is 18.9. The topological polar surface area (TPSA) is 27.7 Å². The van der Waals surface area contributed by atoms with Crippen molar-refractivity contribution in [3.63, 3.8) is 0 Å². The van der Waals surface area contributed by atoms with Gasteiger partial charge in [-0.05, 0) is 49.0 Å². The van der Waals surface area contributed by atoms with E-state index >= 15 is 0 Å². The molecule has 0 aliphatic carbocycles. The van der Waals surface area contributed by atoms with E-state index in [0.717, 1.165) is 49.6 Å². The Morgan fingerprint density at radius 1 is 1.03 bits per heavy atom. The number of hydrogen-bond donors (Lipinski definition) is 1. The van der Waals surface area contributed by atoms with Gasteiger partial charge < -0.3 is 15.0 Å². The Hall–Kier alpha value is -2.79. The molecule has 2 aromatic rings. The fraction of sp³-hybridized carbons (Fsp3) is 0.360. The van der Waals surface area contributed by atoms with E-state index in [1.165, 1.54) is 0 Å². The zero-order valence-electron chi connectivity index (χ0n) is 17.7. The fourth-order valence-corrected chi connectivity index (χ4v) is 4.56. The number of ether oxygens (including phenoxy) is 1. The summed E-state index contributed by atoms with van der Waals surface area (Å²) >= 11 is 0. The molecule has 0 saturated carbocycles. The van der Waals surface area contributed by atoms with Gasteiger partial charge in [0.05, 0.1) is 18.3 Å². The molecule has 4 rings (SSSR count). The van der Waals surface area contributed by atoms with Gasteiger partial charge in [0.15, 0.2) is 0 Å². The molecule has 2 aliphatic heterocycles. The largest absolute Gasteiger partial charge is 0.495 e. The van der Waals surface area contributed by atoms with Crippen LogP contribution in [0.15, 0.2) is 73.0 Å². The van der Waals surface area contributed by atoms with E-state index in [-0.39, 0.29) is 17.4 Å². The van der Waals surface area contributed by atoms with E-state index in [4.69, 9.17) is 4.74 Å². The smallest absolute Gasteiger partial charge is 0.142 e. The van der Waals surface area contributed by atoms with Crippen molar-refractivity contribution in [1.29, 1.82) is 0 Å². The number of benzene rings is 2. The van der Waals surface area contributed by atoms with Crippen LogP contribution in [0.5, 0.6) is 5.75 Å². The van der Waals surface area contributed by atoms with Crippen molar-refractivity contribution < 1.29 is 9.13 Å². The average Bonchev–Trinajstić information content (AvgIpc) is 2.81. The van der Waals surface area contributed by atoms with Crippen LogP contribution in [0.3, 0.4) is 0 Å². The van der Waals surface area contributed by atoms with Crippen LogP contribution < -0.4 is 15.0 Å². The quantitative estimate of drug-likeness (QED) is 0.783. The first-order valence-electron chi connectivity index (χ1n) is 10.6. The minimum atomic E-state index is -0.223. The summed E-state index contributed by atoms with van der Waals surface area (Å²) in [5.74, 6) is 0.731. The van der Waals surface area contributed by atoms with E-state index in [0.29, 0.717) is 0 Å². The minimum Gasteiger partial charge on any atom is -0.495 e. The lowest BCUT2D eigenvalue weighted by molar-refractivity contribution is 0.132. The maximum absolute atomic E-state index is 13.4. The number of halogens is 1. The van der Waals surface area contributed by atoms with Crippen LogP contribution in [0.1, 0.15) is 12.5 Å². The highest BCUT2D eigenvalue weighted by molar-refractivity contribution is 5.58. The summed E-state index contributed by atoms with van der Waals surface area (Å²) in [5, 5.41) is 3.62. The van der Waals surface area contributed by atoms with Crippen molar-refractivity contribution in [2.45, 2.75) is 24.9 Å². The molecule has 30 heavy (non-hydrogen) atoms. The summed E-state index contributed by atoms with van der Waals surface area (Å²) in [6.45, 7) is 6.15. The van der Waals surface area contributed by atoms with Crippen molar-refractivity contribution in [2.24, 2.45) is 0 Å². The predicted molar refractivity (Wildman–Crippen MR) is 120 cm³/mol. The Kier molecular flexibility index (Phi) is 6.09. The van der Waals surface area contributed by atoms with Crippen molar-refractivity contribution in [2.75, 3.05) is 38.2 Å². The lowest BCUT2D eigenvalue weighted by Gasteiger charge is -2.47. The molecule has 2 atom stereocenters. The number of rotatable bonds is 6. The predicted octanol–water partition coefficient (Wildman–Crippen LogP) is 4.00. The molecular weight excluding hydrogens is 377 g/mol. The Morgan fingerprint density at radius 3 is 2.43 bits per heavy atom. The molecule has 2 heterocycles. The molecule has 2 unspecified atom stereocenters. The van der Waals surface area contributed by atoms with Crippen LogP contribution in [0.2, 0.25) is 0 Å². The van der Waals surface area contributed by atoms with Gasteiger partial charge in [-0.1, -0.05) is 36.4 Å². The molecule has 5 heteroatoms. The van der Waals surface area contributed by atoms with Gasteiger partial charge in [-0.2, -0.15) is 0 Å². The van der Waals surface area contributed by atoms with E-state index in [1.54, 1.807) is 19.2 Å². The Bertz CT molecular complexity index is 903. The lowest BCUT2D eigenvalue weighted by Crippen LogP contribution is -2.62. The third kappa shape index (κ3) is 4.21. The molecular formula is C25H30FN3O. The molecule has 158 valence electrons. The van der Waals surface area contributed by atoms with Gasteiger partial charge in [-0.15, -0.1) is 0 Å². The lowest BCUT2D eigenvalue weighted by atomic mass is 9.82. The maximum Gasteiger partial charge on any atom is 0.142 e. The Balaban J connectivity index is 1.48. The molecule has 1 fully saturated rings. The number of hydrogen-bond acceptors (Lipinski definition) is 4. The Morgan fingerprint density at radius 2 is 1.77 bits per heavy atom. The highest BCUT2D eigenvalue weighted by atomic mass is 19.1. The monoisotopic (exact) mass is 407 g/mol.